The van der Waals surface area contributed by atoms with Crippen LogP contribution < -0.4 is 0 Å². The summed E-state index contributed by atoms with van der Waals surface area (Å²) in [7, 11) is -3.51. The molecule has 0 atom stereocenters. The molecule has 3 heterocycles. The van der Waals surface area contributed by atoms with Gasteiger partial charge in [0, 0.05) is 18.5 Å². The van der Waals surface area contributed by atoms with Gasteiger partial charge in [0.1, 0.15) is 22.2 Å². The van der Waals surface area contributed by atoms with E-state index in [0.717, 1.165) is 14.8 Å². The monoisotopic (exact) mass is 483 g/mol. The Morgan fingerprint density at radius 3 is 2.64 bits per heavy atom. The van der Waals surface area contributed by atoms with Gasteiger partial charge in [-0.05, 0) is 53.0 Å². The summed E-state index contributed by atoms with van der Waals surface area (Å²) in [6.45, 7) is 0.694. The summed E-state index contributed by atoms with van der Waals surface area (Å²) in [5.41, 5.74) is 0.757. The SMILES string of the molecule is O=C(OCc1cc2ccccc2o1)C1CCN(S(=O)(=O)c2ccc(Br)s2)CC1. The van der Waals surface area contributed by atoms with E-state index in [1.54, 1.807) is 12.1 Å². The molecule has 148 valence electrons. The van der Waals surface area contributed by atoms with Gasteiger partial charge in [-0.15, -0.1) is 11.3 Å². The van der Waals surface area contributed by atoms with Gasteiger partial charge < -0.3 is 9.15 Å². The van der Waals surface area contributed by atoms with E-state index in [9.17, 15) is 13.2 Å². The molecular formula is C19H18BrNO5S2. The second-order valence-electron chi connectivity index (χ2n) is 6.60. The normalized spacial score (nSPS) is 16.5. The highest BCUT2D eigenvalue weighted by atomic mass is 79.9. The number of hydrogen-bond acceptors (Lipinski definition) is 6. The molecule has 1 aromatic carbocycles. The van der Waals surface area contributed by atoms with Crippen molar-refractivity contribution in [3.63, 3.8) is 0 Å². The molecule has 9 heteroatoms. The molecule has 1 aliphatic heterocycles. The highest BCUT2D eigenvalue weighted by Crippen LogP contribution is 2.31. The number of halogens is 1. The van der Waals surface area contributed by atoms with Gasteiger partial charge in [0.25, 0.3) is 10.0 Å². The van der Waals surface area contributed by atoms with Gasteiger partial charge in [0.15, 0.2) is 0 Å². The van der Waals surface area contributed by atoms with Gasteiger partial charge in [-0.1, -0.05) is 18.2 Å². The van der Waals surface area contributed by atoms with Crippen molar-refractivity contribution in [2.24, 2.45) is 5.92 Å². The molecule has 0 radical (unpaired) electrons. The van der Waals surface area contributed by atoms with Crippen molar-refractivity contribution in [3.8, 4) is 0 Å². The average molecular weight is 484 g/mol. The van der Waals surface area contributed by atoms with E-state index in [1.807, 2.05) is 30.3 Å². The number of benzene rings is 1. The molecule has 0 bridgehead atoms. The maximum absolute atomic E-state index is 12.7. The standard InChI is InChI=1S/C19H18BrNO5S2/c20-17-5-6-18(27-17)28(23,24)21-9-7-13(8-10-21)19(22)25-12-15-11-14-3-1-2-4-16(14)26-15/h1-6,11,13H,7-10,12H2. The minimum atomic E-state index is -3.51. The quantitative estimate of drug-likeness (QED) is 0.502. The topological polar surface area (TPSA) is 76.8 Å². The number of nitrogens with zero attached hydrogens (tertiary/aromatic N) is 1. The maximum atomic E-state index is 12.7. The van der Waals surface area contributed by atoms with E-state index in [2.05, 4.69) is 15.9 Å². The first-order valence-corrected chi connectivity index (χ1v) is 11.9. The molecule has 28 heavy (non-hydrogen) atoms. The van der Waals surface area contributed by atoms with Gasteiger partial charge in [0.2, 0.25) is 0 Å². The number of para-hydroxylation sites is 1. The number of piperidine rings is 1. The van der Waals surface area contributed by atoms with E-state index in [0.29, 0.717) is 35.9 Å². The number of rotatable bonds is 5. The molecule has 4 rings (SSSR count). The molecule has 0 saturated carbocycles. The third-order valence-corrected chi connectivity index (χ3v) is 8.75. The Kier molecular flexibility index (Phi) is 5.59. The minimum absolute atomic E-state index is 0.0786. The van der Waals surface area contributed by atoms with Crippen molar-refractivity contribution >= 4 is 54.2 Å². The van der Waals surface area contributed by atoms with E-state index in [1.165, 1.54) is 15.6 Å². The molecule has 0 unspecified atom stereocenters. The number of hydrogen-bond donors (Lipinski definition) is 0. The fraction of sp³-hybridized carbons (Fsp3) is 0.316. The molecule has 3 aromatic rings. The van der Waals surface area contributed by atoms with Gasteiger partial charge in [-0.25, -0.2) is 8.42 Å². The Balaban J connectivity index is 1.32. The molecule has 2 aromatic heterocycles. The summed E-state index contributed by atoms with van der Waals surface area (Å²) in [5.74, 6) is -0.0138. The van der Waals surface area contributed by atoms with E-state index >= 15 is 0 Å². The van der Waals surface area contributed by atoms with Crippen LogP contribution in [0.15, 0.2) is 54.9 Å². The molecule has 0 spiro atoms. The average Bonchev–Trinajstić information content (AvgIpc) is 3.32. The predicted octanol–water partition coefficient (Wildman–Crippen LogP) is 4.40. The van der Waals surface area contributed by atoms with Crippen molar-refractivity contribution in [1.82, 2.24) is 4.31 Å². The third kappa shape index (κ3) is 4.03. The lowest BCUT2D eigenvalue weighted by molar-refractivity contribution is -0.151. The Hall–Kier alpha value is -1.68. The lowest BCUT2D eigenvalue weighted by Crippen LogP contribution is -2.40. The predicted molar refractivity (Wildman–Crippen MR) is 110 cm³/mol. The summed E-state index contributed by atoms with van der Waals surface area (Å²) >= 11 is 4.48. The van der Waals surface area contributed by atoms with Crippen LogP contribution in [0.1, 0.15) is 18.6 Å². The first kappa shape index (κ1) is 19.6. The van der Waals surface area contributed by atoms with Crippen molar-refractivity contribution in [2.45, 2.75) is 23.7 Å². The van der Waals surface area contributed by atoms with E-state index < -0.39 is 10.0 Å². The number of fused-ring (bicyclic) bond motifs is 1. The van der Waals surface area contributed by atoms with Gasteiger partial charge in [-0.2, -0.15) is 4.31 Å². The van der Waals surface area contributed by atoms with Crippen LogP contribution in [0.3, 0.4) is 0 Å². The summed E-state index contributed by atoms with van der Waals surface area (Å²) in [4.78, 5) is 12.4. The van der Waals surface area contributed by atoms with E-state index in [4.69, 9.17) is 9.15 Å². The Bertz CT molecular complexity index is 1060. The van der Waals surface area contributed by atoms with Crippen LogP contribution in [0.25, 0.3) is 11.0 Å². The number of carbonyl (C=O) groups is 1. The maximum Gasteiger partial charge on any atom is 0.309 e. The van der Waals surface area contributed by atoms with Crippen molar-refractivity contribution in [2.75, 3.05) is 13.1 Å². The fourth-order valence-electron chi connectivity index (χ4n) is 3.26. The van der Waals surface area contributed by atoms with Crippen LogP contribution in [-0.2, 0) is 26.2 Å². The largest absolute Gasteiger partial charge is 0.457 e. The Morgan fingerprint density at radius 1 is 1.21 bits per heavy atom. The highest BCUT2D eigenvalue weighted by molar-refractivity contribution is 9.11. The Morgan fingerprint density at radius 2 is 1.96 bits per heavy atom. The van der Waals surface area contributed by atoms with Gasteiger partial charge in [-0.3, -0.25) is 4.79 Å². The number of esters is 1. The Labute approximate surface area is 175 Å². The van der Waals surface area contributed by atoms with Crippen LogP contribution in [0.5, 0.6) is 0 Å². The third-order valence-electron chi connectivity index (χ3n) is 4.76. The van der Waals surface area contributed by atoms with Gasteiger partial charge in [0.05, 0.1) is 9.70 Å². The van der Waals surface area contributed by atoms with Crippen molar-refractivity contribution in [3.05, 3.63) is 52.0 Å². The van der Waals surface area contributed by atoms with Crippen LogP contribution >= 0.6 is 27.3 Å². The zero-order chi connectivity index (χ0) is 19.7. The molecule has 1 aliphatic rings. The first-order valence-electron chi connectivity index (χ1n) is 8.83. The van der Waals surface area contributed by atoms with Crippen LogP contribution in [0.2, 0.25) is 0 Å². The molecule has 0 amide bonds. The lowest BCUT2D eigenvalue weighted by Gasteiger charge is -2.29. The molecule has 0 N–H and O–H groups in total. The fourth-order valence-corrected chi connectivity index (χ4v) is 6.90. The van der Waals surface area contributed by atoms with Crippen LogP contribution in [0, 0.1) is 5.92 Å². The molecule has 6 nitrogen and oxygen atoms in total. The summed E-state index contributed by atoms with van der Waals surface area (Å²) in [6, 6.07) is 12.8. The highest BCUT2D eigenvalue weighted by Gasteiger charge is 2.33. The number of sulfonamides is 1. The minimum Gasteiger partial charge on any atom is -0.457 e. The molecule has 0 aliphatic carbocycles. The second-order valence-corrected chi connectivity index (χ2v) is 11.2. The van der Waals surface area contributed by atoms with Gasteiger partial charge >= 0.3 is 5.97 Å². The molecule has 1 fully saturated rings. The number of thiophene rings is 1. The van der Waals surface area contributed by atoms with Crippen LogP contribution in [0.4, 0.5) is 0 Å². The summed E-state index contributed by atoms with van der Waals surface area (Å²) in [5, 5.41) is 0.965. The second kappa shape index (κ2) is 7.98. The van der Waals surface area contributed by atoms with Crippen molar-refractivity contribution < 1.29 is 22.4 Å². The van der Waals surface area contributed by atoms with E-state index in [-0.39, 0.29) is 18.5 Å². The molecular weight excluding hydrogens is 466 g/mol. The summed E-state index contributed by atoms with van der Waals surface area (Å²) < 4.78 is 38.9. The first-order chi connectivity index (χ1) is 13.4. The van der Waals surface area contributed by atoms with Crippen LogP contribution in [-0.4, -0.2) is 31.8 Å². The number of carbonyl (C=O) groups excluding carboxylic acids is 1. The zero-order valence-corrected chi connectivity index (χ0v) is 18.1. The molecule has 1 saturated heterocycles. The lowest BCUT2D eigenvalue weighted by atomic mass is 9.98. The smallest absolute Gasteiger partial charge is 0.309 e. The van der Waals surface area contributed by atoms with Crippen molar-refractivity contribution in [1.29, 1.82) is 0 Å². The number of ether oxygens (including phenoxy) is 1. The zero-order valence-electron chi connectivity index (χ0n) is 14.8. The summed E-state index contributed by atoms with van der Waals surface area (Å²) in [6.07, 6.45) is 0.898. The number of furan rings is 1.